The first-order valence-electron chi connectivity index (χ1n) is 13.1. The van der Waals surface area contributed by atoms with E-state index in [2.05, 4.69) is 36.9 Å². The molecule has 0 aliphatic carbocycles. The minimum atomic E-state index is 0.380. The standard InChI is InChI=1S/C27H38N8O2S/c1-35(10-8-30-19-37)9-4-21-13-22(3-2-7-28)27(33-25(21)18-36)34-26-14-24(23(15-29)17-32-26)31-16-20-5-11-38-12-6-20/h13-14,17-20H,2-12,16,28H2,1H3,(H,30,37)(H2,31,32,33,34). The number of nitrogens with one attached hydrogen (secondary N) is 3. The van der Waals surface area contributed by atoms with Crippen molar-refractivity contribution < 1.29 is 9.59 Å². The smallest absolute Gasteiger partial charge is 0.207 e. The third kappa shape index (κ3) is 8.97. The van der Waals surface area contributed by atoms with Crippen LogP contribution in [0.2, 0.25) is 0 Å². The normalized spacial score (nSPS) is 13.6. The van der Waals surface area contributed by atoms with Crippen molar-refractivity contribution in [2.24, 2.45) is 11.7 Å². The number of likely N-dealkylation sites (N-methyl/N-ethyl adjacent to an activating group) is 1. The van der Waals surface area contributed by atoms with Crippen LogP contribution in [0.5, 0.6) is 0 Å². The lowest BCUT2D eigenvalue weighted by atomic mass is 10.0. The molecule has 1 fully saturated rings. The lowest BCUT2D eigenvalue weighted by molar-refractivity contribution is -0.109. The van der Waals surface area contributed by atoms with Crippen LogP contribution in [-0.2, 0) is 17.6 Å². The van der Waals surface area contributed by atoms with Crippen molar-refractivity contribution >= 4 is 41.8 Å². The van der Waals surface area contributed by atoms with Gasteiger partial charge in [0.2, 0.25) is 6.41 Å². The van der Waals surface area contributed by atoms with Crippen LogP contribution in [0.4, 0.5) is 17.3 Å². The topological polar surface area (TPSA) is 149 Å². The Morgan fingerprint density at radius 2 is 2.03 bits per heavy atom. The molecule has 2 aromatic rings. The number of anilines is 3. The molecule has 3 heterocycles. The maximum Gasteiger partial charge on any atom is 0.207 e. The number of amides is 1. The van der Waals surface area contributed by atoms with Gasteiger partial charge in [-0.1, -0.05) is 0 Å². The Balaban J connectivity index is 1.78. The van der Waals surface area contributed by atoms with E-state index in [0.717, 1.165) is 42.6 Å². The molecular formula is C27H38N8O2S. The Kier molecular flexibility index (Phi) is 12.3. The summed E-state index contributed by atoms with van der Waals surface area (Å²) in [6, 6.07) is 6.08. The molecule has 5 N–H and O–H groups in total. The first kappa shape index (κ1) is 29.4. The molecular weight excluding hydrogens is 500 g/mol. The van der Waals surface area contributed by atoms with Crippen LogP contribution in [0.25, 0.3) is 0 Å². The third-order valence-electron chi connectivity index (χ3n) is 6.65. The highest BCUT2D eigenvalue weighted by molar-refractivity contribution is 7.99. The second kappa shape index (κ2) is 15.9. The number of thioether (sulfide) groups is 1. The van der Waals surface area contributed by atoms with Gasteiger partial charge in [0.1, 0.15) is 23.4 Å². The highest BCUT2D eigenvalue weighted by Gasteiger charge is 2.16. The van der Waals surface area contributed by atoms with Crippen LogP contribution in [0, 0.1) is 17.2 Å². The van der Waals surface area contributed by atoms with E-state index in [1.807, 2.05) is 30.9 Å². The number of nitrogens with two attached hydrogens (primary N) is 1. The molecule has 0 spiro atoms. The number of rotatable bonds is 16. The minimum absolute atomic E-state index is 0.380. The van der Waals surface area contributed by atoms with Crippen molar-refractivity contribution in [1.29, 1.82) is 5.26 Å². The second-order valence-corrected chi connectivity index (χ2v) is 10.7. The van der Waals surface area contributed by atoms with Crippen LogP contribution in [0.1, 0.15) is 46.4 Å². The summed E-state index contributed by atoms with van der Waals surface area (Å²) < 4.78 is 0. The number of aldehydes is 1. The van der Waals surface area contributed by atoms with Crippen LogP contribution >= 0.6 is 11.8 Å². The monoisotopic (exact) mass is 538 g/mol. The lowest BCUT2D eigenvalue weighted by Gasteiger charge is -2.22. The van der Waals surface area contributed by atoms with Gasteiger partial charge in [-0.2, -0.15) is 17.0 Å². The fourth-order valence-corrected chi connectivity index (χ4v) is 5.54. The van der Waals surface area contributed by atoms with E-state index < -0.39 is 0 Å². The first-order chi connectivity index (χ1) is 18.6. The zero-order valence-electron chi connectivity index (χ0n) is 22.0. The molecule has 0 saturated carbocycles. The lowest BCUT2D eigenvalue weighted by Crippen LogP contribution is -2.30. The molecule has 204 valence electrons. The summed E-state index contributed by atoms with van der Waals surface area (Å²) in [5.41, 5.74) is 9.23. The number of pyridine rings is 2. The summed E-state index contributed by atoms with van der Waals surface area (Å²) in [5, 5.41) is 19.0. The number of hydrogen-bond acceptors (Lipinski definition) is 10. The fraction of sp³-hybridized carbons (Fsp3) is 0.519. The van der Waals surface area contributed by atoms with Crippen molar-refractivity contribution in [3.63, 3.8) is 0 Å². The van der Waals surface area contributed by atoms with Crippen molar-refractivity contribution in [3.8, 4) is 6.07 Å². The molecule has 0 unspecified atom stereocenters. The zero-order valence-corrected chi connectivity index (χ0v) is 22.9. The summed E-state index contributed by atoms with van der Waals surface area (Å²) in [7, 11) is 1.97. The van der Waals surface area contributed by atoms with Crippen LogP contribution in [-0.4, -0.2) is 78.8 Å². The Bertz CT molecular complexity index is 1100. The average molecular weight is 539 g/mol. The quantitative estimate of drug-likeness (QED) is 0.186. The first-order valence-corrected chi connectivity index (χ1v) is 14.3. The predicted molar refractivity (Wildman–Crippen MR) is 153 cm³/mol. The van der Waals surface area contributed by atoms with E-state index in [4.69, 9.17) is 5.73 Å². The van der Waals surface area contributed by atoms with Gasteiger partial charge in [0.25, 0.3) is 0 Å². The maximum absolute atomic E-state index is 12.0. The Labute approximate surface area is 229 Å². The SMILES string of the molecule is CN(CCNC=O)CCc1cc(CCCN)c(Nc2cc(NCC3CCSCC3)c(C#N)cn2)nc1C=O. The molecule has 1 saturated heterocycles. The van der Waals surface area contributed by atoms with Gasteiger partial charge in [-0.25, -0.2) is 9.97 Å². The molecule has 11 heteroatoms. The van der Waals surface area contributed by atoms with E-state index in [0.29, 0.717) is 67.7 Å². The molecule has 0 bridgehead atoms. The predicted octanol–water partition coefficient (Wildman–Crippen LogP) is 2.57. The highest BCUT2D eigenvalue weighted by Crippen LogP contribution is 2.27. The third-order valence-corrected chi connectivity index (χ3v) is 7.70. The van der Waals surface area contributed by atoms with E-state index in [1.165, 1.54) is 24.3 Å². The fourth-order valence-electron chi connectivity index (χ4n) is 4.33. The Hall–Kier alpha value is -3.20. The molecule has 3 rings (SSSR count). The van der Waals surface area contributed by atoms with Crippen LogP contribution in [0.3, 0.4) is 0 Å². The van der Waals surface area contributed by atoms with Gasteiger partial charge in [-0.3, -0.25) is 9.59 Å². The van der Waals surface area contributed by atoms with E-state index in [1.54, 1.807) is 6.20 Å². The number of nitrogens with zero attached hydrogens (tertiary/aromatic N) is 4. The molecule has 2 aromatic heterocycles. The van der Waals surface area contributed by atoms with Gasteiger partial charge < -0.3 is 26.6 Å². The molecule has 1 amide bonds. The number of aromatic nitrogens is 2. The van der Waals surface area contributed by atoms with Gasteiger partial charge in [0, 0.05) is 38.4 Å². The van der Waals surface area contributed by atoms with Crippen molar-refractivity contribution in [3.05, 3.63) is 40.7 Å². The van der Waals surface area contributed by atoms with Crippen molar-refractivity contribution in [1.82, 2.24) is 20.2 Å². The number of carbonyl (C=O) groups excluding carboxylic acids is 2. The summed E-state index contributed by atoms with van der Waals surface area (Å²) >= 11 is 1.99. The number of carbonyl (C=O) groups is 2. The maximum atomic E-state index is 12.0. The van der Waals surface area contributed by atoms with Crippen LogP contribution < -0.4 is 21.7 Å². The van der Waals surface area contributed by atoms with Gasteiger partial charge in [-0.15, -0.1) is 0 Å². The number of hydrogen-bond donors (Lipinski definition) is 4. The number of nitriles is 1. The molecule has 0 aromatic carbocycles. The number of aryl methyl sites for hydroxylation is 1. The van der Waals surface area contributed by atoms with Crippen LogP contribution in [0.15, 0.2) is 18.3 Å². The van der Waals surface area contributed by atoms with Gasteiger partial charge >= 0.3 is 0 Å². The Morgan fingerprint density at radius 3 is 2.74 bits per heavy atom. The highest BCUT2D eigenvalue weighted by atomic mass is 32.2. The van der Waals surface area contributed by atoms with E-state index >= 15 is 0 Å². The van der Waals surface area contributed by atoms with E-state index in [-0.39, 0.29) is 0 Å². The minimum Gasteiger partial charge on any atom is -0.384 e. The summed E-state index contributed by atoms with van der Waals surface area (Å²) in [4.78, 5) is 33.6. The van der Waals surface area contributed by atoms with E-state index in [9.17, 15) is 14.9 Å². The van der Waals surface area contributed by atoms with Crippen molar-refractivity contribution in [2.45, 2.75) is 32.1 Å². The van der Waals surface area contributed by atoms with Gasteiger partial charge in [0.05, 0.1) is 11.3 Å². The molecule has 38 heavy (non-hydrogen) atoms. The largest absolute Gasteiger partial charge is 0.384 e. The molecule has 1 aliphatic rings. The average Bonchev–Trinajstić information content (AvgIpc) is 2.95. The Morgan fingerprint density at radius 1 is 1.21 bits per heavy atom. The molecule has 0 atom stereocenters. The molecule has 0 radical (unpaired) electrons. The zero-order chi connectivity index (χ0) is 27.2. The van der Waals surface area contributed by atoms with Gasteiger partial charge in [-0.05, 0) is 80.3 Å². The summed E-state index contributed by atoms with van der Waals surface area (Å²) in [6.45, 7) is 3.36. The molecule has 1 aliphatic heterocycles. The second-order valence-electron chi connectivity index (χ2n) is 9.46. The van der Waals surface area contributed by atoms with Gasteiger partial charge in [0.15, 0.2) is 6.29 Å². The summed E-state index contributed by atoms with van der Waals surface area (Å²) in [5.74, 6) is 4.08. The van der Waals surface area contributed by atoms with Crippen molar-refractivity contribution in [2.75, 3.05) is 61.9 Å². The summed E-state index contributed by atoms with van der Waals surface area (Å²) in [6.07, 6.45) is 7.52. The molecule has 10 nitrogen and oxygen atoms in total.